The molecule has 7 heteroatoms. The molecule has 0 spiro atoms. The highest BCUT2D eigenvalue weighted by Gasteiger charge is 2.40. The van der Waals surface area contributed by atoms with Crippen LogP contribution < -0.4 is 5.32 Å². The molecule has 2 N–H and O–H groups in total. The maximum absolute atomic E-state index is 12.2. The number of aliphatic carboxylic acids is 1. The minimum absolute atomic E-state index is 0.223. The molecule has 1 aliphatic heterocycles. The van der Waals surface area contributed by atoms with E-state index in [1.807, 2.05) is 24.1 Å². The van der Waals surface area contributed by atoms with Crippen molar-refractivity contribution in [2.24, 2.45) is 0 Å². The fourth-order valence-corrected chi connectivity index (χ4v) is 5.43. The normalized spacial score (nSPS) is 24.4. The number of rotatable bonds is 11. The Balaban J connectivity index is 1.04. The van der Waals surface area contributed by atoms with Gasteiger partial charge < -0.3 is 15.2 Å². The first-order chi connectivity index (χ1) is 17.0. The van der Waals surface area contributed by atoms with Crippen molar-refractivity contribution in [3.05, 3.63) is 53.0 Å². The van der Waals surface area contributed by atoms with Crippen LogP contribution in [0.4, 0.5) is 5.82 Å². The smallest absolute Gasteiger partial charge is 0.325 e. The maximum Gasteiger partial charge on any atom is 0.325 e. The van der Waals surface area contributed by atoms with Crippen LogP contribution in [0.2, 0.25) is 0 Å². The van der Waals surface area contributed by atoms with Crippen LogP contribution >= 0.6 is 0 Å². The summed E-state index contributed by atoms with van der Waals surface area (Å²) in [6, 6.07) is 8.26. The Hall–Kier alpha value is -2.51. The van der Waals surface area contributed by atoms with E-state index in [0.717, 1.165) is 80.7 Å². The highest BCUT2D eigenvalue weighted by Crippen LogP contribution is 2.43. The summed E-state index contributed by atoms with van der Waals surface area (Å²) in [4.78, 5) is 23.6. The van der Waals surface area contributed by atoms with Gasteiger partial charge in [-0.15, -0.1) is 0 Å². The second kappa shape index (κ2) is 10.6. The average molecular weight is 479 g/mol. The monoisotopic (exact) mass is 478 g/mol. The first kappa shape index (κ1) is 24.2. The first-order valence-electron chi connectivity index (χ1n) is 13.3. The summed E-state index contributed by atoms with van der Waals surface area (Å²) in [5, 5.41) is 13.5. The molecule has 2 aromatic heterocycles. The molecule has 0 saturated heterocycles. The third-order valence-corrected chi connectivity index (χ3v) is 7.86. The molecule has 3 aliphatic rings. The summed E-state index contributed by atoms with van der Waals surface area (Å²) in [5.74, 6) is 0.694. The number of aromatic nitrogens is 2. The van der Waals surface area contributed by atoms with Gasteiger partial charge in [-0.25, -0.2) is 4.98 Å². The van der Waals surface area contributed by atoms with Crippen LogP contribution in [-0.2, 0) is 22.4 Å². The number of aryl methyl sites for hydroxylation is 2. The van der Waals surface area contributed by atoms with Crippen molar-refractivity contribution in [1.29, 1.82) is 0 Å². The van der Waals surface area contributed by atoms with Gasteiger partial charge in [-0.05, 0) is 89.5 Å². The Kier molecular flexibility index (Phi) is 7.35. The van der Waals surface area contributed by atoms with Crippen molar-refractivity contribution in [1.82, 2.24) is 14.9 Å². The Morgan fingerprint density at radius 1 is 1.23 bits per heavy atom. The number of nitrogens with zero attached hydrogens (tertiary/aromatic N) is 3. The van der Waals surface area contributed by atoms with E-state index in [9.17, 15) is 9.90 Å². The molecule has 0 bridgehead atoms. The van der Waals surface area contributed by atoms with Gasteiger partial charge in [-0.2, -0.15) is 0 Å². The number of anilines is 1. The number of ether oxygens (including phenoxy) is 1. The van der Waals surface area contributed by atoms with Crippen molar-refractivity contribution in [3.63, 3.8) is 0 Å². The number of pyridine rings is 2. The lowest BCUT2D eigenvalue weighted by Crippen LogP contribution is -2.49. The molecule has 0 aromatic carbocycles. The van der Waals surface area contributed by atoms with Gasteiger partial charge in [0, 0.05) is 47.8 Å². The summed E-state index contributed by atoms with van der Waals surface area (Å²) in [6.07, 6.45) is 11.3. The van der Waals surface area contributed by atoms with Crippen LogP contribution in [0.15, 0.2) is 30.5 Å². The third-order valence-electron chi connectivity index (χ3n) is 7.86. The molecule has 0 amide bonds. The number of carbonyl (C=O) groups is 1. The van der Waals surface area contributed by atoms with Gasteiger partial charge in [-0.3, -0.25) is 14.7 Å². The van der Waals surface area contributed by atoms with Crippen LogP contribution in [0.3, 0.4) is 0 Å². The van der Waals surface area contributed by atoms with Crippen LogP contribution in [0.1, 0.15) is 86.3 Å². The molecular weight excluding hydrogens is 440 g/mol. The van der Waals surface area contributed by atoms with Crippen LogP contribution in [-0.4, -0.2) is 57.8 Å². The second-order valence-corrected chi connectivity index (χ2v) is 10.6. The zero-order valence-corrected chi connectivity index (χ0v) is 20.9. The fourth-order valence-electron chi connectivity index (χ4n) is 5.43. The van der Waals surface area contributed by atoms with Crippen molar-refractivity contribution < 1.29 is 14.6 Å². The lowest BCUT2D eigenvalue weighted by molar-refractivity contribution is -0.146. The van der Waals surface area contributed by atoms with Gasteiger partial charge in [0.2, 0.25) is 0 Å². The number of carboxylic acid groups (broad SMARTS) is 1. The highest BCUT2D eigenvalue weighted by molar-refractivity contribution is 5.76. The molecule has 0 radical (unpaired) electrons. The molecule has 5 rings (SSSR count). The lowest BCUT2D eigenvalue weighted by atomic mass is 9.86. The highest BCUT2D eigenvalue weighted by atomic mass is 16.5. The molecule has 1 unspecified atom stereocenters. The number of hydrogen-bond donors (Lipinski definition) is 2. The Morgan fingerprint density at radius 3 is 2.83 bits per heavy atom. The van der Waals surface area contributed by atoms with Gasteiger partial charge in [0.25, 0.3) is 0 Å². The van der Waals surface area contributed by atoms with E-state index in [0.29, 0.717) is 12.0 Å². The van der Waals surface area contributed by atoms with E-state index in [-0.39, 0.29) is 12.1 Å². The number of likely N-dealkylation sites (N-methyl/N-ethyl adjacent to an activating group) is 1. The van der Waals surface area contributed by atoms with Crippen molar-refractivity contribution in [2.45, 2.75) is 94.9 Å². The van der Waals surface area contributed by atoms with Crippen molar-refractivity contribution in [2.75, 3.05) is 19.0 Å². The summed E-state index contributed by atoms with van der Waals surface area (Å²) < 4.78 is 6.10. The van der Waals surface area contributed by atoms with E-state index in [2.05, 4.69) is 29.4 Å². The number of unbranched alkanes of at least 4 members (excludes halogenated alkanes) is 1. The van der Waals surface area contributed by atoms with Gasteiger partial charge in [0.15, 0.2) is 0 Å². The molecule has 2 aromatic rings. The van der Waals surface area contributed by atoms with Gasteiger partial charge in [0.1, 0.15) is 11.9 Å². The molecule has 2 fully saturated rings. The van der Waals surface area contributed by atoms with Crippen molar-refractivity contribution in [3.8, 4) is 0 Å². The standard InChI is InChI=1S/C28H38N4O3/c1-18-8-9-20-12-13-21(31-27(20)30-18)6-3-4-15-35-23-16-22(17-23)32(2)26(28(33)34)24-7-5-14-29-25(24)19-10-11-19/h5,7,12-14,18-19,22-23,26H,3-4,6,8-11,15-17H2,1-2H3,(H,30,31)(H,33,34)/t18-,22?,23?,26?/m0/s1. The topological polar surface area (TPSA) is 87.6 Å². The molecule has 35 heavy (non-hydrogen) atoms. The molecule has 3 heterocycles. The van der Waals surface area contributed by atoms with E-state index >= 15 is 0 Å². The summed E-state index contributed by atoms with van der Waals surface area (Å²) in [6.45, 7) is 2.96. The van der Waals surface area contributed by atoms with Crippen molar-refractivity contribution >= 4 is 11.8 Å². The van der Waals surface area contributed by atoms with Crippen LogP contribution in [0, 0.1) is 0 Å². The predicted octanol–water partition coefficient (Wildman–Crippen LogP) is 4.73. The van der Waals surface area contributed by atoms with Gasteiger partial charge in [0.05, 0.1) is 6.10 Å². The number of fused-ring (bicyclic) bond motifs is 1. The minimum atomic E-state index is -0.799. The molecule has 188 valence electrons. The number of carboxylic acids is 1. The number of nitrogens with one attached hydrogen (secondary N) is 1. The maximum atomic E-state index is 12.2. The minimum Gasteiger partial charge on any atom is -0.480 e. The van der Waals surface area contributed by atoms with E-state index in [1.165, 1.54) is 12.0 Å². The van der Waals surface area contributed by atoms with Crippen LogP contribution in [0.5, 0.6) is 0 Å². The molecule has 7 nitrogen and oxygen atoms in total. The van der Waals surface area contributed by atoms with Gasteiger partial charge >= 0.3 is 5.97 Å². The van der Waals surface area contributed by atoms with Crippen LogP contribution in [0.25, 0.3) is 0 Å². The summed E-state index contributed by atoms with van der Waals surface area (Å²) >= 11 is 0. The Morgan fingerprint density at radius 2 is 2.06 bits per heavy atom. The fraction of sp³-hybridized carbons (Fsp3) is 0.607. The molecular formula is C28H38N4O3. The number of hydrogen-bond acceptors (Lipinski definition) is 6. The van der Waals surface area contributed by atoms with E-state index in [1.54, 1.807) is 6.20 Å². The molecule has 2 atom stereocenters. The summed E-state index contributed by atoms with van der Waals surface area (Å²) in [7, 11) is 1.94. The van der Waals surface area contributed by atoms with Gasteiger partial charge in [-0.1, -0.05) is 12.1 Å². The molecule has 2 saturated carbocycles. The Bertz CT molecular complexity index is 1030. The SMILES string of the molecule is C[C@H]1CCc2ccc(CCCCOC3CC(N(C)C(C(=O)O)c4cccnc4C4CC4)C3)nc2N1. The predicted molar refractivity (Wildman–Crippen MR) is 136 cm³/mol. The molecule has 2 aliphatic carbocycles. The first-order valence-corrected chi connectivity index (χ1v) is 13.3. The quantitative estimate of drug-likeness (QED) is 0.452. The second-order valence-electron chi connectivity index (χ2n) is 10.6. The lowest BCUT2D eigenvalue weighted by Gasteiger charge is -2.43. The van der Waals surface area contributed by atoms with E-state index in [4.69, 9.17) is 9.72 Å². The average Bonchev–Trinajstić information content (AvgIpc) is 3.65. The van der Waals surface area contributed by atoms with E-state index < -0.39 is 12.0 Å². The Labute approximate surface area is 208 Å². The largest absolute Gasteiger partial charge is 0.480 e. The summed E-state index contributed by atoms with van der Waals surface area (Å²) in [5.41, 5.74) is 4.31. The zero-order chi connectivity index (χ0) is 24.4. The zero-order valence-electron chi connectivity index (χ0n) is 20.9. The third kappa shape index (κ3) is 5.67.